The summed E-state index contributed by atoms with van der Waals surface area (Å²) in [5, 5.41) is 4.82. The van der Waals surface area contributed by atoms with Crippen molar-refractivity contribution in [1.29, 1.82) is 0 Å². The van der Waals surface area contributed by atoms with E-state index in [-0.39, 0.29) is 17.3 Å². The van der Waals surface area contributed by atoms with Crippen LogP contribution in [-0.2, 0) is 9.53 Å². The zero-order chi connectivity index (χ0) is 23.4. The highest BCUT2D eigenvalue weighted by molar-refractivity contribution is 6.10. The van der Waals surface area contributed by atoms with Crippen LogP contribution in [0.15, 0.2) is 54.6 Å². The Bertz CT molecular complexity index is 1060. The smallest absolute Gasteiger partial charge is 0.312 e. The first-order chi connectivity index (χ1) is 15.2. The van der Waals surface area contributed by atoms with Gasteiger partial charge in [0.25, 0.3) is 0 Å². The van der Waals surface area contributed by atoms with Crippen LogP contribution in [0.3, 0.4) is 0 Å². The van der Waals surface area contributed by atoms with E-state index in [1.54, 1.807) is 0 Å². The minimum Gasteiger partial charge on any atom is -0.493 e. The lowest BCUT2D eigenvalue weighted by Crippen LogP contribution is -2.45. The van der Waals surface area contributed by atoms with Gasteiger partial charge >= 0.3 is 5.97 Å². The summed E-state index contributed by atoms with van der Waals surface area (Å²) in [5.41, 5.74) is -0.637. The van der Waals surface area contributed by atoms with Crippen molar-refractivity contribution < 1.29 is 14.3 Å². The molecule has 0 heterocycles. The fourth-order valence-corrected chi connectivity index (χ4v) is 4.43. The van der Waals surface area contributed by atoms with Gasteiger partial charge in [-0.05, 0) is 59.7 Å². The van der Waals surface area contributed by atoms with E-state index in [1.165, 1.54) is 16.2 Å². The van der Waals surface area contributed by atoms with Gasteiger partial charge < -0.3 is 9.47 Å². The van der Waals surface area contributed by atoms with Gasteiger partial charge in [-0.3, -0.25) is 4.79 Å². The van der Waals surface area contributed by atoms with Gasteiger partial charge in [-0.15, -0.1) is 0 Å². The lowest BCUT2D eigenvalue weighted by atomic mass is 9.62. The molecule has 0 aliphatic heterocycles. The van der Waals surface area contributed by atoms with Crippen LogP contribution >= 0.6 is 0 Å². The standard InChI is InChI=1S/C29H38O3/c1-21(2)29(6,28(3,4)5)27(30)32-19-13-7-12-18-31-26-20-22-14-8-9-15-23(22)24-16-10-11-17-25(24)26/h8-11,14-17,20-21H,7,12-13,18-19H2,1-6H3. The average Bonchev–Trinajstić information content (AvgIpc) is 2.76. The van der Waals surface area contributed by atoms with E-state index in [9.17, 15) is 4.79 Å². The van der Waals surface area contributed by atoms with Gasteiger partial charge in [-0.2, -0.15) is 0 Å². The average molecular weight is 435 g/mol. The number of hydrogen-bond donors (Lipinski definition) is 0. The quantitative estimate of drug-likeness (QED) is 0.196. The van der Waals surface area contributed by atoms with E-state index < -0.39 is 5.41 Å². The van der Waals surface area contributed by atoms with Crippen molar-refractivity contribution in [2.24, 2.45) is 16.7 Å². The van der Waals surface area contributed by atoms with Gasteiger partial charge in [0.2, 0.25) is 0 Å². The summed E-state index contributed by atoms with van der Waals surface area (Å²) in [4.78, 5) is 12.8. The number of esters is 1. The zero-order valence-corrected chi connectivity index (χ0v) is 20.5. The van der Waals surface area contributed by atoms with Crippen LogP contribution in [0.25, 0.3) is 21.5 Å². The van der Waals surface area contributed by atoms with Gasteiger partial charge in [0.1, 0.15) is 5.75 Å². The van der Waals surface area contributed by atoms with Crippen LogP contribution in [0.5, 0.6) is 5.75 Å². The highest BCUT2D eigenvalue weighted by atomic mass is 16.5. The number of fused-ring (bicyclic) bond motifs is 3. The highest BCUT2D eigenvalue weighted by Gasteiger charge is 2.47. The SMILES string of the molecule is CC(C)C(C)(C(=O)OCCCCCOc1cc2ccccc2c2ccccc12)C(C)(C)C. The predicted octanol–water partition coefficient (Wildman–Crippen LogP) is 7.79. The first-order valence-corrected chi connectivity index (χ1v) is 11.9. The largest absolute Gasteiger partial charge is 0.493 e. The predicted molar refractivity (Wildman–Crippen MR) is 134 cm³/mol. The second-order valence-electron chi connectivity index (χ2n) is 10.3. The van der Waals surface area contributed by atoms with E-state index in [1.807, 2.05) is 6.92 Å². The van der Waals surface area contributed by atoms with Crippen LogP contribution in [-0.4, -0.2) is 19.2 Å². The van der Waals surface area contributed by atoms with Gasteiger partial charge in [0.15, 0.2) is 0 Å². The van der Waals surface area contributed by atoms with Crippen LogP contribution in [0.1, 0.15) is 60.8 Å². The van der Waals surface area contributed by atoms with Gasteiger partial charge in [0.05, 0.1) is 18.6 Å². The third-order valence-electron chi connectivity index (χ3n) is 7.15. The summed E-state index contributed by atoms with van der Waals surface area (Å²) >= 11 is 0. The van der Waals surface area contributed by atoms with Crippen LogP contribution < -0.4 is 4.74 Å². The van der Waals surface area contributed by atoms with E-state index >= 15 is 0 Å². The van der Waals surface area contributed by atoms with Crippen LogP contribution in [0.2, 0.25) is 0 Å². The zero-order valence-electron chi connectivity index (χ0n) is 20.5. The number of unbranched alkanes of at least 4 members (excludes halogenated alkanes) is 2. The van der Waals surface area contributed by atoms with Crippen molar-refractivity contribution in [1.82, 2.24) is 0 Å². The summed E-state index contributed by atoms with van der Waals surface area (Å²) in [6.45, 7) is 13.7. The molecule has 1 atom stereocenters. The van der Waals surface area contributed by atoms with Gasteiger partial charge in [0, 0.05) is 5.39 Å². The molecule has 3 heteroatoms. The van der Waals surface area contributed by atoms with E-state index in [0.29, 0.717) is 13.2 Å². The highest BCUT2D eigenvalue weighted by Crippen LogP contribution is 2.45. The van der Waals surface area contributed by atoms with E-state index in [0.717, 1.165) is 30.4 Å². The molecule has 1 unspecified atom stereocenters. The number of hydrogen-bond acceptors (Lipinski definition) is 3. The normalized spacial score (nSPS) is 14.0. The molecule has 0 fully saturated rings. The molecule has 3 aromatic rings. The van der Waals surface area contributed by atoms with Crippen molar-refractivity contribution in [2.45, 2.75) is 60.8 Å². The van der Waals surface area contributed by atoms with Crippen LogP contribution in [0.4, 0.5) is 0 Å². The fraction of sp³-hybridized carbons (Fsp3) is 0.483. The molecular weight excluding hydrogens is 396 g/mol. The number of carbonyl (C=O) groups excluding carboxylic acids is 1. The van der Waals surface area contributed by atoms with Crippen molar-refractivity contribution in [3.63, 3.8) is 0 Å². The van der Waals surface area contributed by atoms with Gasteiger partial charge in [-0.25, -0.2) is 0 Å². The molecule has 3 aromatic carbocycles. The number of carbonyl (C=O) groups is 1. The minimum atomic E-state index is -0.493. The number of rotatable bonds is 9. The number of ether oxygens (including phenoxy) is 2. The third kappa shape index (κ3) is 4.92. The maximum atomic E-state index is 12.8. The molecule has 3 rings (SSSR count). The second-order valence-corrected chi connectivity index (χ2v) is 10.3. The molecule has 0 bridgehead atoms. The summed E-state index contributed by atoms with van der Waals surface area (Å²) in [5.74, 6) is 1.07. The molecule has 0 spiro atoms. The Morgan fingerprint density at radius 3 is 2.06 bits per heavy atom. The van der Waals surface area contributed by atoms with Crippen molar-refractivity contribution in [3.05, 3.63) is 54.6 Å². The Kier molecular flexibility index (Phi) is 7.48. The maximum absolute atomic E-state index is 12.8. The van der Waals surface area contributed by atoms with Crippen molar-refractivity contribution in [2.75, 3.05) is 13.2 Å². The summed E-state index contributed by atoms with van der Waals surface area (Å²) in [7, 11) is 0. The molecule has 0 amide bonds. The Balaban J connectivity index is 1.50. The lowest BCUT2D eigenvalue weighted by molar-refractivity contribution is -0.166. The molecule has 32 heavy (non-hydrogen) atoms. The van der Waals surface area contributed by atoms with Crippen molar-refractivity contribution >= 4 is 27.5 Å². The Hall–Kier alpha value is -2.55. The molecule has 0 aliphatic carbocycles. The minimum absolute atomic E-state index is 0.0844. The Morgan fingerprint density at radius 1 is 0.812 bits per heavy atom. The van der Waals surface area contributed by atoms with Crippen molar-refractivity contribution in [3.8, 4) is 5.75 Å². The topological polar surface area (TPSA) is 35.5 Å². The second kappa shape index (κ2) is 9.94. The van der Waals surface area contributed by atoms with Gasteiger partial charge in [-0.1, -0.05) is 83.1 Å². The monoisotopic (exact) mass is 434 g/mol. The molecule has 0 aliphatic rings. The summed E-state index contributed by atoms with van der Waals surface area (Å²) in [6.07, 6.45) is 2.75. The molecule has 0 radical (unpaired) electrons. The summed E-state index contributed by atoms with van der Waals surface area (Å²) in [6, 6.07) is 19.0. The molecule has 172 valence electrons. The molecule has 0 saturated heterocycles. The van der Waals surface area contributed by atoms with E-state index in [4.69, 9.17) is 9.47 Å². The van der Waals surface area contributed by atoms with E-state index in [2.05, 4.69) is 89.2 Å². The lowest BCUT2D eigenvalue weighted by Gasteiger charge is -2.42. The Morgan fingerprint density at radius 2 is 1.41 bits per heavy atom. The number of benzene rings is 3. The molecule has 0 saturated carbocycles. The summed E-state index contributed by atoms with van der Waals surface area (Å²) < 4.78 is 11.9. The Labute approximate surface area is 193 Å². The fourth-order valence-electron chi connectivity index (χ4n) is 4.43. The van der Waals surface area contributed by atoms with Crippen LogP contribution in [0, 0.1) is 16.7 Å². The first-order valence-electron chi connectivity index (χ1n) is 11.9. The molecule has 3 nitrogen and oxygen atoms in total. The molecule has 0 N–H and O–H groups in total. The third-order valence-corrected chi connectivity index (χ3v) is 7.15. The molecular formula is C29H38O3. The maximum Gasteiger partial charge on any atom is 0.312 e. The molecule has 0 aromatic heterocycles. The first kappa shape index (κ1) is 24.1.